The molecule has 1 rings (SSSR count). The summed E-state index contributed by atoms with van der Waals surface area (Å²) >= 11 is 0. The first-order chi connectivity index (χ1) is 5.74. The van der Waals surface area contributed by atoms with E-state index >= 15 is 0 Å². The minimum absolute atomic E-state index is 0.252. The van der Waals surface area contributed by atoms with Crippen LogP contribution in [0, 0.1) is 0 Å². The highest BCUT2D eigenvalue weighted by atomic mass is 16.3. The molecule has 0 heterocycles. The van der Waals surface area contributed by atoms with Crippen LogP contribution in [0.3, 0.4) is 0 Å². The first-order valence-corrected chi connectivity index (χ1v) is 3.91. The van der Waals surface area contributed by atoms with Crippen molar-refractivity contribution in [3.63, 3.8) is 0 Å². The molecule has 1 aromatic rings. The minimum atomic E-state index is 0.252. The molecule has 1 aromatic carbocycles. The monoisotopic (exact) mass is 163 g/mol. The molecule has 0 amide bonds. The van der Waals surface area contributed by atoms with Crippen LogP contribution < -0.4 is 5.73 Å². The van der Waals surface area contributed by atoms with Crippen LogP contribution in [0.15, 0.2) is 36.5 Å². The van der Waals surface area contributed by atoms with Gasteiger partial charge in [0.1, 0.15) is 5.75 Å². The van der Waals surface area contributed by atoms with Gasteiger partial charge in [0.05, 0.1) is 0 Å². The van der Waals surface area contributed by atoms with Gasteiger partial charge in [0.15, 0.2) is 0 Å². The number of phenols is 1. The smallest absolute Gasteiger partial charge is 0.115 e. The van der Waals surface area contributed by atoms with Crippen LogP contribution >= 0.6 is 0 Å². The summed E-state index contributed by atoms with van der Waals surface area (Å²) in [5.41, 5.74) is 6.33. The average Bonchev–Trinajstić information content (AvgIpc) is 2.05. The summed E-state index contributed by atoms with van der Waals surface area (Å²) in [4.78, 5) is 0. The maximum absolute atomic E-state index is 9.17. The van der Waals surface area contributed by atoms with Gasteiger partial charge in [-0.2, -0.15) is 0 Å². The van der Waals surface area contributed by atoms with Gasteiger partial charge < -0.3 is 10.8 Å². The van der Waals surface area contributed by atoms with E-state index in [1.54, 1.807) is 12.1 Å². The summed E-state index contributed by atoms with van der Waals surface area (Å²) in [6, 6.07) is 7.18. The van der Waals surface area contributed by atoms with Gasteiger partial charge >= 0.3 is 0 Å². The predicted octanol–water partition coefficient (Wildman–Crippen LogP) is 1.97. The topological polar surface area (TPSA) is 46.2 Å². The van der Waals surface area contributed by atoms with Crippen molar-refractivity contribution in [2.24, 2.45) is 5.73 Å². The number of rotatable bonds is 2. The largest absolute Gasteiger partial charge is 0.508 e. The highest BCUT2D eigenvalue weighted by Gasteiger charge is 2.00. The highest BCUT2D eigenvalue weighted by Crippen LogP contribution is 2.20. The van der Waals surface area contributed by atoms with Crippen LogP contribution in [0.5, 0.6) is 5.75 Å². The lowest BCUT2D eigenvalue weighted by atomic mass is 10.0. The van der Waals surface area contributed by atoms with Crippen molar-refractivity contribution in [3.05, 3.63) is 42.1 Å². The van der Waals surface area contributed by atoms with Crippen LogP contribution in [0.1, 0.15) is 18.4 Å². The van der Waals surface area contributed by atoms with Crippen LogP contribution in [0.4, 0.5) is 0 Å². The molecule has 12 heavy (non-hydrogen) atoms. The fourth-order valence-electron chi connectivity index (χ4n) is 1.09. The molecule has 0 radical (unpaired) electrons. The molecule has 1 unspecified atom stereocenters. The first kappa shape index (κ1) is 8.65. The maximum Gasteiger partial charge on any atom is 0.115 e. The fourth-order valence-corrected chi connectivity index (χ4v) is 1.09. The quantitative estimate of drug-likeness (QED) is 0.700. The van der Waals surface area contributed by atoms with Gasteiger partial charge in [0.2, 0.25) is 0 Å². The zero-order valence-corrected chi connectivity index (χ0v) is 7.07. The van der Waals surface area contributed by atoms with Gasteiger partial charge in [-0.15, -0.1) is 0 Å². The summed E-state index contributed by atoms with van der Waals surface area (Å²) in [6.45, 7) is 2.03. The van der Waals surface area contributed by atoms with Crippen molar-refractivity contribution in [3.8, 4) is 5.75 Å². The standard InChI is InChI=1S/C10H13NO/c1-8(5-6-11)9-3-2-4-10(12)7-9/h2-8,12H,11H2,1H3. The summed E-state index contributed by atoms with van der Waals surface area (Å²) in [5.74, 6) is 0.548. The highest BCUT2D eigenvalue weighted by molar-refractivity contribution is 5.31. The van der Waals surface area contributed by atoms with Gasteiger partial charge in [-0.05, 0) is 23.9 Å². The van der Waals surface area contributed by atoms with E-state index in [9.17, 15) is 5.11 Å². The molecule has 64 valence electrons. The van der Waals surface area contributed by atoms with E-state index in [2.05, 4.69) is 0 Å². The molecule has 2 nitrogen and oxygen atoms in total. The Kier molecular flexibility index (Phi) is 2.75. The molecule has 0 fully saturated rings. The Morgan fingerprint density at radius 2 is 2.25 bits per heavy atom. The van der Waals surface area contributed by atoms with Gasteiger partial charge in [-0.3, -0.25) is 0 Å². The Balaban J connectivity index is 2.87. The Hall–Kier alpha value is -1.44. The van der Waals surface area contributed by atoms with Crippen LogP contribution in [-0.4, -0.2) is 5.11 Å². The predicted molar refractivity (Wildman–Crippen MR) is 49.8 cm³/mol. The molecule has 2 heteroatoms. The summed E-state index contributed by atoms with van der Waals surface area (Å²) < 4.78 is 0. The molecule has 0 saturated carbocycles. The molecule has 0 aromatic heterocycles. The molecule has 3 N–H and O–H groups in total. The Morgan fingerprint density at radius 1 is 1.50 bits per heavy atom. The van der Waals surface area contributed by atoms with Gasteiger partial charge in [0, 0.05) is 5.92 Å². The van der Waals surface area contributed by atoms with E-state index < -0.39 is 0 Å². The number of aromatic hydroxyl groups is 1. The Morgan fingerprint density at radius 3 is 2.83 bits per heavy atom. The number of phenolic OH excluding ortho intramolecular Hbond substituents is 1. The van der Waals surface area contributed by atoms with Crippen molar-refractivity contribution >= 4 is 0 Å². The number of benzene rings is 1. The van der Waals surface area contributed by atoms with Crippen LogP contribution in [0.25, 0.3) is 0 Å². The van der Waals surface area contributed by atoms with Crippen molar-refractivity contribution in [1.29, 1.82) is 0 Å². The third kappa shape index (κ3) is 2.02. The van der Waals surface area contributed by atoms with E-state index in [4.69, 9.17) is 5.73 Å². The third-order valence-electron chi connectivity index (χ3n) is 1.80. The molecule has 0 aliphatic carbocycles. The van der Waals surface area contributed by atoms with Crippen molar-refractivity contribution in [2.45, 2.75) is 12.8 Å². The molecule has 0 aliphatic heterocycles. The second-order valence-electron chi connectivity index (χ2n) is 2.77. The molecule has 0 saturated heterocycles. The Labute approximate surface area is 72.3 Å². The SMILES string of the molecule is CC(C=CN)c1cccc(O)c1. The lowest BCUT2D eigenvalue weighted by Crippen LogP contribution is -1.90. The lowest BCUT2D eigenvalue weighted by Gasteiger charge is -2.05. The van der Waals surface area contributed by atoms with E-state index in [0.717, 1.165) is 5.56 Å². The maximum atomic E-state index is 9.17. The molecule has 0 bridgehead atoms. The van der Waals surface area contributed by atoms with Gasteiger partial charge in [-0.1, -0.05) is 25.1 Å². The summed E-state index contributed by atoms with van der Waals surface area (Å²) in [6.07, 6.45) is 3.41. The minimum Gasteiger partial charge on any atom is -0.508 e. The van der Waals surface area contributed by atoms with Crippen molar-refractivity contribution in [1.82, 2.24) is 0 Å². The van der Waals surface area contributed by atoms with Gasteiger partial charge in [-0.25, -0.2) is 0 Å². The molecule has 0 aliphatic rings. The second kappa shape index (κ2) is 3.81. The second-order valence-corrected chi connectivity index (χ2v) is 2.77. The number of nitrogens with two attached hydrogens (primary N) is 1. The fraction of sp³-hybridized carbons (Fsp3) is 0.200. The van der Waals surface area contributed by atoms with E-state index in [1.807, 2.05) is 25.1 Å². The normalized spacial score (nSPS) is 13.4. The van der Waals surface area contributed by atoms with Gasteiger partial charge in [0.25, 0.3) is 0 Å². The third-order valence-corrected chi connectivity index (χ3v) is 1.80. The van der Waals surface area contributed by atoms with E-state index in [1.165, 1.54) is 6.20 Å². The van der Waals surface area contributed by atoms with E-state index in [-0.39, 0.29) is 5.92 Å². The molecule has 0 spiro atoms. The summed E-state index contributed by atoms with van der Waals surface area (Å²) in [5, 5.41) is 9.17. The Bertz CT molecular complexity index is 281. The molecular formula is C10H13NO. The van der Waals surface area contributed by atoms with Crippen LogP contribution in [0.2, 0.25) is 0 Å². The number of hydrogen-bond acceptors (Lipinski definition) is 2. The van der Waals surface area contributed by atoms with Crippen molar-refractivity contribution in [2.75, 3.05) is 0 Å². The first-order valence-electron chi connectivity index (χ1n) is 3.91. The van der Waals surface area contributed by atoms with Crippen molar-refractivity contribution < 1.29 is 5.11 Å². The zero-order valence-electron chi connectivity index (χ0n) is 7.07. The van der Waals surface area contributed by atoms with E-state index in [0.29, 0.717) is 5.75 Å². The number of hydrogen-bond donors (Lipinski definition) is 2. The lowest BCUT2D eigenvalue weighted by molar-refractivity contribution is 0.474. The number of allylic oxidation sites excluding steroid dienone is 1. The molecule has 1 atom stereocenters. The van der Waals surface area contributed by atoms with Crippen LogP contribution in [-0.2, 0) is 0 Å². The average molecular weight is 163 g/mol. The molecular weight excluding hydrogens is 150 g/mol. The zero-order chi connectivity index (χ0) is 8.97. The summed E-state index contributed by atoms with van der Waals surface area (Å²) in [7, 11) is 0.